The van der Waals surface area contributed by atoms with Gasteiger partial charge >= 0.3 is 0 Å². The molecule has 4 aromatic rings. The van der Waals surface area contributed by atoms with E-state index in [0.717, 1.165) is 10.9 Å². The lowest BCUT2D eigenvalue weighted by Crippen LogP contribution is -2.37. The van der Waals surface area contributed by atoms with E-state index in [1.54, 1.807) is 37.6 Å². The minimum absolute atomic E-state index is 0.126. The van der Waals surface area contributed by atoms with Crippen LogP contribution in [0.5, 0.6) is 11.5 Å². The van der Waals surface area contributed by atoms with E-state index in [-0.39, 0.29) is 17.6 Å². The maximum absolute atomic E-state index is 13.7. The van der Waals surface area contributed by atoms with Crippen molar-refractivity contribution in [2.75, 3.05) is 19.5 Å². The summed E-state index contributed by atoms with van der Waals surface area (Å²) in [6.45, 7) is 0. The summed E-state index contributed by atoms with van der Waals surface area (Å²) < 4.78 is 12.6. The van der Waals surface area contributed by atoms with Gasteiger partial charge in [-0.3, -0.25) is 14.4 Å². The lowest BCUT2D eigenvalue weighted by molar-refractivity contribution is -0.122. The molecule has 1 aliphatic rings. The molecule has 0 bridgehead atoms. The fourth-order valence-electron chi connectivity index (χ4n) is 4.52. The zero-order valence-corrected chi connectivity index (χ0v) is 19.9. The van der Waals surface area contributed by atoms with Gasteiger partial charge in [0.25, 0.3) is 0 Å². The Hall–Kier alpha value is -4.59. The van der Waals surface area contributed by atoms with E-state index in [2.05, 4.69) is 10.6 Å². The highest BCUT2D eigenvalue weighted by Gasteiger charge is 2.28. The Morgan fingerprint density at radius 2 is 1.75 bits per heavy atom. The van der Waals surface area contributed by atoms with Gasteiger partial charge in [0.05, 0.1) is 36.7 Å². The molecule has 1 fully saturated rings. The summed E-state index contributed by atoms with van der Waals surface area (Å²) in [4.78, 5) is 38.1. The molecule has 3 aromatic carbocycles. The number of hydrogen-bond acceptors (Lipinski definition) is 5. The van der Waals surface area contributed by atoms with E-state index in [4.69, 9.17) is 9.47 Å². The molecule has 8 heteroatoms. The summed E-state index contributed by atoms with van der Waals surface area (Å²) >= 11 is 0. The van der Waals surface area contributed by atoms with Gasteiger partial charge in [0, 0.05) is 29.6 Å². The number of ketones is 1. The van der Waals surface area contributed by atoms with Crippen LogP contribution in [0.25, 0.3) is 16.6 Å². The average molecular weight is 484 g/mol. The fraction of sp³-hybridized carbons (Fsp3) is 0.179. The number of para-hydroxylation sites is 2. The zero-order valence-electron chi connectivity index (χ0n) is 19.9. The largest absolute Gasteiger partial charge is 0.497 e. The maximum atomic E-state index is 13.7. The Bertz CT molecular complexity index is 1490. The molecule has 0 unspecified atom stereocenters. The molecular weight excluding hydrogens is 458 g/mol. The van der Waals surface area contributed by atoms with E-state index in [1.165, 1.54) is 7.11 Å². The maximum Gasteiger partial charge on any atom is 0.247 e. The fourth-order valence-corrected chi connectivity index (χ4v) is 4.52. The quantitative estimate of drug-likeness (QED) is 0.386. The van der Waals surface area contributed by atoms with E-state index in [9.17, 15) is 14.4 Å². The van der Waals surface area contributed by atoms with E-state index < -0.39 is 6.04 Å². The summed E-state index contributed by atoms with van der Waals surface area (Å²) in [6.07, 6.45) is 2.60. The SMILES string of the molecule is COc1ccc(C(=O)c2ccccc2-n2cc(NC(=O)[C@@H]3CCC(=O)N3)c3ccccc32)c(OC)c1. The first kappa shape index (κ1) is 23.2. The number of nitrogens with zero attached hydrogens (tertiary/aromatic N) is 1. The highest BCUT2D eigenvalue weighted by atomic mass is 16.5. The van der Waals surface area contributed by atoms with E-state index in [1.807, 2.05) is 47.0 Å². The third-order valence-corrected chi connectivity index (χ3v) is 6.34. The predicted octanol–water partition coefficient (Wildman–Crippen LogP) is 4.10. The number of hydrogen-bond donors (Lipinski definition) is 2. The number of amides is 2. The van der Waals surface area contributed by atoms with Crippen LogP contribution in [0.2, 0.25) is 0 Å². The number of nitrogens with one attached hydrogen (secondary N) is 2. The van der Waals surface area contributed by atoms with Crippen molar-refractivity contribution >= 4 is 34.2 Å². The molecule has 2 heterocycles. The number of aromatic nitrogens is 1. The first-order valence-electron chi connectivity index (χ1n) is 11.6. The number of anilines is 1. The van der Waals surface area contributed by atoms with Gasteiger partial charge in [-0.2, -0.15) is 0 Å². The van der Waals surface area contributed by atoms with Crippen LogP contribution in [0.4, 0.5) is 5.69 Å². The molecule has 8 nitrogen and oxygen atoms in total. The van der Waals surface area contributed by atoms with Crippen molar-refractivity contribution in [1.82, 2.24) is 9.88 Å². The number of methoxy groups -OCH3 is 2. The van der Waals surface area contributed by atoms with Gasteiger partial charge in [0.2, 0.25) is 11.8 Å². The van der Waals surface area contributed by atoms with Crippen LogP contribution in [0.15, 0.2) is 72.9 Å². The molecule has 0 radical (unpaired) electrons. The number of rotatable bonds is 7. The van der Waals surface area contributed by atoms with Crippen LogP contribution in [-0.4, -0.2) is 42.4 Å². The first-order chi connectivity index (χ1) is 17.5. The molecule has 0 saturated carbocycles. The second kappa shape index (κ2) is 9.58. The molecule has 0 spiro atoms. The summed E-state index contributed by atoms with van der Waals surface area (Å²) in [5.74, 6) is 0.405. The lowest BCUT2D eigenvalue weighted by Gasteiger charge is -2.14. The third kappa shape index (κ3) is 4.17. The Morgan fingerprint density at radius 3 is 2.50 bits per heavy atom. The Labute approximate surface area is 207 Å². The minimum atomic E-state index is -0.559. The molecular formula is C28H25N3O5. The molecule has 5 rings (SSSR count). The number of fused-ring (bicyclic) bond motifs is 1. The van der Waals surface area contributed by atoms with Crippen molar-refractivity contribution in [3.8, 4) is 17.2 Å². The van der Waals surface area contributed by atoms with Gasteiger partial charge in [-0.1, -0.05) is 30.3 Å². The Morgan fingerprint density at radius 1 is 0.972 bits per heavy atom. The van der Waals surface area contributed by atoms with Gasteiger partial charge in [-0.25, -0.2) is 0 Å². The number of benzene rings is 3. The molecule has 182 valence electrons. The molecule has 0 aliphatic carbocycles. The first-order valence-corrected chi connectivity index (χ1v) is 11.6. The smallest absolute Gasteiger partial charge is 0.247 e. The van der Waals surface area contributed by atoms with Crippen LogP contribution < -0.4 is 20.1 Å². The second-order valence-electron chi connectivity index (χ2n) is 8.49. The number of carbonyl (C=O) groups is 3. The molecule has 1 aliphatic heterocycles. The monoisotopic (exact) mass is 483 g/mol. The van der Waals surface area contributed by atoms with Crippen LogP contribution in [-0.2, 0) is 9.59 Å². The Kier molecular flexibility index (Phi) is 6.16. The standard InChI is InChI=1S/C28H25N3O5/c1-35-17-11-12-20(25(15-17)36-2)27(33)19-8-4-6-10-24(19)31-16-22(18-7-3-5-9-23(18)31)30-28(34)21-13-14-26(32)29-21/h3-12,15-16,21H,13-14H2,1-2H3,(H,29,32)(H,30,34)/t21-/m0/s1. The van der Waals surface area contributed by atoms with Crippen molar-refractivity contribution in [2.45, 2.75) is 18.9 Å². The van der Waals surface area contributed by atoms with Crippen LogP contribution in [0.3, 0.4) is 0 Å². The molecule has 1 saturated heterocycles. The zero-order chi connectivity index (χ0) is 25.2. The molecule has 36 heavy (non-hydrogen) atoms. The Balaban J connectivity index is 1.57. The minimum Gasteiger partial charge on any atom is -0.497 e. The highest BCUT2D eigenvalue weighted by molar-refractivity contribution is 6.13. The van der Waals surface area contributed by atoms with E-state index in [0.29, 0.717) is 46.8 Å². The second-order valence-corrected chi connectivity index (χ2v) is 8.49. The third-order valence-electron chi connectivity index (χ3n) is 6.34. The molecule has 2 N–H and O–H groups in total. The van der Waals surface area contributed by atoms with Crippen LogP contribution >= 0.6 is 0 Å². The lowest BCUT2D eigenvalue weighted by atomic mass is 10.0. The average Bonchev–Trinajstić information content (AvgIpc) is 3.51. The summed E-state index contributed by atoms with van der Waals surface area (Å²) in [6, 6.07) is 19.4. The summed E-state index contributed by atoms with van der Waals surface area (Å²) in [7, 11) is 3.07. The topological polar surface area (TPSA) is 98.7 Å². The number of carbonyl (C=O) groups excluding carboxylic acids is 3. The predicted molar refractivity (Wildman–Crippen MR) is 136 cm³/mol. The molecule has 2 amide bonds. The van der Waals surface area contributed by atoms with Crippen LogP contribution in [0.1, 0.15) is 28.8 Å². The van der Waals surface area contributed by atoms with Crippen molar-refractivity contribution < 1.29 is 23.9 Å². The summed E-state index contributed by atoms with van der Waals surface area (Å²) in [5, 5.41) is 6.47. The van der Waals surface area contributed by atoms with Crippen LogP contribution in [0, 0.1) is 0 Å². The van der Waals surface area contributed by atoms with Crippen molar-refractivity contribution in [3.05, 3.63) is 84.1 Å². The van der Waals surface area contributed by atoms with Crippen molar-refractivity contribution in [1.29, 1.82) is 0 Å². The van der Waals surface area contributed by atoms with Gasteiger partial charge in [-0.15, -0.1) is 0 Å². The highest BCUT2D eigenvalue weighted by Crippen LogP contribution is 2.33. The van der Waals surface area contributed by atoms with E-state index >= 15 is 0 Å². The van der Waals surface area contributed by atoms with Gasteiger partial charge in [-0.05, 0) is 36.8 Å². The summed E-state index contributed by atoms with van der Waals surface area (Å²) in [5.41, 5.74) is 2.97. The van der Waals surface area contributed by atoms with Gasteiger partial charge in [0.1, 0.15) is 17.5 Å². The number of ether oxygens (including phenoxy) is 2. The van der Waals surface area contributed by atoms with Gasteiger partial charge in [0.15, 0.2) is 5.78 Å². The normalized spacial score (nSPS) is 14.9. The molecule has 1 atom stereocenters. The van der Waals surface area contributed by atoms with Crippen molar-refractivity contribution in [2.24, 2.45) is 0 Å². The van der Waals surface area contributed by atoms with Crippen molar-refractivity contribution in [3.63, 3.8) is 0 Å². The molecule has 1 aromatic heterocycles. The van der Waals surface area contributed by atoms with Gasteiger partial charge < -0.3 is 24.7 Å².